The van der Waals surface area contributed by atoms with E-state index in [1.54, 1.807) is 29.8 Å². The Morgan fingerprint density at radius 1 is 1.40 bits per heavy atom. The number of ether oxygens (including phenoxy) is 1. The summed E-state index contributed by atoms with van der Waals surface area (Å²) >= 11 is 0. The van der Waals surface area contributed by atoms with Crippen LogP contribution in [0.3, 0.4) is 0 Å². The Hall–Kier alpha value is -2.17. The Morgan fingerprint density at radius 2 is 2.20 bits per heavy atom. The molecular weight excluding hydrogens is 256 g/mol. The highest BCUT2D eigenvalue weighted by molar-refractivity contribution is 5.93. The first-order valence-electron chi connectivity index (χ1n) is 6.84. The summed E-state index contributed by atoms with van der Waals surface area (Å²) in [6.45, 7) is 4.57. The Labute approximate surface area is 117 Å². The molecule has 0 radical (unpaired) electrons. The van der Waals surface area contributed by atoms with Crippen molar-refractivity contribution in [2.24, 2.45) is 0 Å². The summed E-state index contributed by atoms with van der Waals surface area (Å²) in [5.74, 6) is -0.575. The van der Waals surface area contributed by atoms with E-state index in [-0.39, 0.29) is 17.7 Å². The summed E-state index contributed by atoms with van der Waals surface area (Å²) in [5.41, 5.74) is 0.352. The molecule has 2 aromatic rings. The summed E-state index contributed by atoms with van der Waals surface area (Å²) in [6, 6.07) is 5.18. The van der Waals surface area contributed by atoms with E-state index in [4.69, 9.17) is 4.74 Å². The minimum atomic E-state index is -0.575. The van der Waals surface area contributed by atoms with E-state index in [0.717, 1.165) is 18.2 Å². The van der Waals surface area contributed by atoms with Gasteiger partial charge in [-0.15, -0.1) is 0 Å². The van der Waals surface area contributed by atoms with E-state index in [9.17, 15) is 9.59 Å². The zero-order valence-corrected chi connectivity index (χ0v) is 11.8. The van der Waals surface area contributed by atoms with Crippen LogP contribution in [0.15, 0.2) is 29.2 Å². The van der Waals surface area contributed by atoms with Gasteiger partial charge in [-0.3, -0.25) is 9.36 Å². The molecule has 20 heavy (non-hydrogen) atoms. The standard InChI is InChI=1S/C15H18N2O3/c1-3-5-9-17-13-11(7-6-8-16-13)10-12(14(17)18)15(19)20-4-2/h6-8,10H,3-5,9H2,1-2H3. The van der Waals surface area contributed by atoms with Gasteiger partial charge in [0, 0.05) is 18.1 Å². The minimum Gasteiger partial charge on any atom is -0.462 e. The van der Waals surface area contributed by atoms with E-state index in [1.165, 1.54) is 0 Å². The number of hydrogen-bond acceptors (Lipinski definition) is 4. The van der Waals surface area contributed by atoms with Crippen LogP contribution in [0.2, 0.25) is 0 Å². The first-order valence-corrected chi connectivity index (χ1v) is 6.84. The molecule has 0 N–H and O–H groups in total. The number of fused-ring (bicyclic) bond motifs is 1. The molecule has 0 saturated carbocycles. The van der Waals surface area contributed by atoms with Gasteiger partial charge in [0.1, 0.15) is 11.2 Å². The number of pyridine rings is 2. The van der Waals surface area contributed by atoms with E-state index in [1.807, 2.05) is 6.07 Å². The van der Waals surface area contributed by atoms with Gasteiger partial charge in [0.2, 0.25) is 0 Å². The van der Waals surface area contributed by atoms with Crippen LogP contribution < -0.4 is 5.56 Å². The van der Waals surface area contributed by atoms with Gasteiger partial charge < -0.3 is 4.74 Å². The van der Waals surface area contributed by atoms with E-state index in [2.05, 4.69) is 11.9 Å². The molecular formula is C15H18N2O3. The highest BCUT2D eigenvalue weighted by Crippen LogP contribution is 2.12. The Kier molecular flexibility index (Phi) is 4.50. The van der Waals surface area contributed by atoms with Gasteiger partial charge in [-0.2, -0.15) is 0 Å². The van der Waals surface area contributed by atoms with Crippen LogP contribution in [0, 0.1) is 0 Å². The zero-order chi connectivity index (χ0) is 14.5. The fourth-order valence-corrected chi connectivity index (χ4v) is 2.09. The molecule has 0 saturated heterocycles. The van der Waals surface area contributed by atoms with Crippen LogP contribution >= 0.6 is 0 Å². The number of aromatic nitrogens is 2. The Balaban J connectivity index is 2.63. The number of esters is 1. The van der Waals surface area contributed by atoms with E-state index >= 15 is 0 Å². The van der Waals surface area contributed by atoms with Gasteiger partial charge in [-0.05, 0) is 31.5 Å². The van der Waals surface area contributed by atoms with Gasteiger partial charge in [0.05, 0.1) is 6.61 Å². The predicted octanol–water partition coefficient (Wildman–Crippen LogP) is 2.37. The van der Waals surface area contributed by atoms with Crippen molar-refractivity contribution in [2.75, 3.05) is 6.61 Å². The summed E-state index contributed by atoms with van der Waals surface area (Å²) < 4.78 is 6.51. The smallest absolute Gasteiger partial charge is 0.343 e. The predicted molar refractivity (Wildman–Crippen MR) is 76.9 cm³/mol. The largest absolute Gasteiger partial charge is 0.462 e. The van der Waals surface area contributed by atoms with Gasteiger partial charge in [-0.1, -0.05) is 13.3 Å². The highest BCUT2D eigenvalue weighted by Gasteiger charge is 2.16. The fourth-order valence-electron chi connectivity index (χ4n) is 2.09. The molecule has 0 aliphatic heterocycles. The van der Waals surface area contributed by atoms with Crippen LogP contribution in [0.25, 0.3) is 11.0 Å². The average molecular weight is 274 g/mol. The second-order valence-corrected chi connectivity index (χ2v) is 4.51. The maximum Gasteiger partial charge on any atom is 0.343 e. The van der Waals surface area contributed by atoms with Gasteiger partial charge in [0.25, 0.3) is 5.56 Å². The van der Waals surface area contributed by atoms with Crippen molar-refractivity contribution >= 4 is 17.0 Å². The molecule has 0 amide bonds. The molecule has 0 spiro atoms. The molecule has 5 heteroatoms. The molecule has 0 unspecified atom stereocenters. The second kappa shape index (κ2) is 6.32. The number of nitrogens with zero attached hydrogens (tertiary/aromatic N) is 2. The van der Waals surface area contributed by atoms with Crippen molar-refractivity contribution in [3.05, 3.63) is 40.3 Å². The van der Waals surface area contributed by atoms with Crippen molar-refractivity contribution in [2.45, 2.75) is 33.2 Å². The molecule has 0 aliphatic rings. The average Bonchev–Trinajstić information content (AvgIpc) is 2.46. The first-order chi connectivity index (χ1) is 9.69. The van der Waals surface area contributed by atoms with Gasteiger partial charge in [-0.25, -0.2) is 9.78 Å². The van der Waals surface area contributed by atoms with Crippen LogP contribution in [-0.2, 0) is 11.3 Å². The molecule has 0 atom stereocenters. The summed E-state index contributed by atoms with van der Waals surface area (Å²) in [4.78, 5) is 28.6. The topological polar surface area (TPSA) is 61.2 Å². The van der Waals surface area contributed by atoms with Crippen molar-refractivity contribution in [3.63, 3.8) is 0 Å². The van der Waals surface area contributed by atoms with E-state index < -0.39 is 5.97 Å². The summed E-state index contributed by atoms with van der Waals surface area (Å²) in [5, 5.41) is 0.770. The number of unbranched alkanes of at least 4 members (excludes halogenated alkanes) is 1. The molecule has 0 aliphatic carbocycles. The van der Waals surface area contributed by atoms with E-state index in [0.29, 0.717) is 12.2 Å². The molecule has 2 heterocycles. The van der Waals surface area contributed by atoms with Gasteiger partial charge in [0.15, 0.2) is 0 Å². The van der Waals surface area contributed by atoms with Crippen molar-refractivity contribution in [1.82, 2.24) is 9.55 Å². The molecule has 0 aromatic carbocycles. The third-order valence-electron chi connectivity index (χ3n) is 3.08. The number of carbonyl (C=O) groups is 1. The van der Waals surface area contributed by atoms with Crippen LogP contribution in [0.4, 0.5) is 0 Å². The SMILES string of the molecule is CCCCn1c(=O)c(C(=O)OCC)cc2cccnc21. The number of hydrogen-bond donors (Lipinski definition) is 0. The number of carbonyl (C=O) groups excluding carboxylic acids is 1. The molecule has 106 valence electrons. The lowest BCUT2D eigenvalue weighted by atomic mass is 10.2. The number of aryl methyl sites for hydroxylation is 1. The fraction of sp³-hybridized carbons (Fsp3) is 0.400. The number of rotatable bonds is 5. The van der Waals surface area contributed by atoms with Crippen LogP contribution in [0.1, 0.15) is 37.0 Å². The monoisotopic (exact) mass is 274 g/mol. The lowest BCUT2D eigenvalue weighted by Crippen LogP contribution is -2.28. The minimum absolute atomic E-state index is 0.0726. The Morgan fingerprint density at radius 3 is 2.90 bits per heavy atom. The maximum atomic E-state index is 12.4. The molecule has 2 rings (SSSR count). The maximum absolute atomic E-state index is 12.4. The third-order valence-corrected chi connectivity index (χ3v) is 3.08. The normalized spacial score (nSPS) is 10.7. The highest BCUT2D eigenvalue weighted by atomic mass is 16.5. The van der Waals surface area contributed by atoms with Crippen molar-refractivity contribution in [1.29, 1.82) is 0 Å². The van der Waals surface area contributed by atoms with Gasteiger partial charge >= 0.3 is 5.97 Å². The lowest BCUT2D eigenvalue weighted by Gasteiger charge is -2.11. The summed E-state index contributed by atoms with van der Waals surface area (Å²) in [6.07, 6.45) is 3.47. The first kappa shape index (κ1) is 14.2. The molecule has 5 nitrogen and oxygen atoms in total. The second-order valence-electron chi connectivity index (χ2n) is 4.51. The molecule has 2 aromatic heterocycles. The van der Waals surface area contributed by atoms with Crippen molar-refractivity contribution < 1.29 is 9.53 Å². The van der Waals surface area contributed by atoms with Crippen molar-refractivity contribution in [3.8, 4) is 0 Å². The zero-order valence-electron chi connectivity index (χ0n) is 11.8. The quantitative estimate of drug-likeness (QED) is 0.785. The van der Waals surface area contributed by atoms with Crippen LogP contribution in [-0.4, -0.2) is 22.1 Å². The Bertz CT molecular complexity index is 676. The third kappa shape index (κ3) is 2.71. The lowest BCUT2D eigenvalue weighted by molar-refractivity contribution is 0.0524. The molecule has 0 bridgehead atoms. The summed E-state index contributed by atoms with van der Waals surface area (Å²) in [7, 11) is 0. The van der Waals surface area contributed by atoms with Crippen LogP contribution in [0.5, 0.6) is 0 Å². The molecule has 0 fully saturated rings.